The summed E-state index contributed by atoms with van der Waals surface area (Å²) in [5, 5.41) is 16.8. The molecule has 13 heavy (non-hydrogen) atoms. The molecule has 0 saturated carbocycles. The van der Waals surface area contributed by atoms with Crippen molar-refractivity contribution in [2.45, 2.75) is 6.42 Å². The molecule has 0 saturated heterocycles. The highest BCUT2D eigenvalue weighted by molar-refractivity contribution is 5.50. The molecule has 0 aromatic carbocycles. The fraction of sp³-hybridized carbons (Fsp3) is 0.100. The van der Waals surface area contributed by atoms with Crippen LogP contribution in [0.5, 0.6) is 0 Å². The molecule has 1 heterocycles. The fourth-order valence-electron chi connectivity index (χ4n) is 0.859. The summed E-state index contributed by atoms with van der Waals surface area (Å²) in [7, 11) is 0. The summed E-state index contributed by atoms with van der Waals surface area (Å²) in [6.07, 6.45) is 5.50. The summed E-state index contributed by atoms with van der Waals surface area (Å²) in [6, 6.07) is 7.41. The van der Waals surface area contributed by atoms with E-state index in [9.17, 15) is 0 Å². The van der Waals surface area contributed by atoms with E-state index in [1.807, 2.05) is 12.1 Å². The van der Waals surface area contributed by atoms with Gasteiger partial charge in [-0.3, -0.25) is 0 Å². The predicted octanol–water partition coefficient (Wildman–Crippen LogP) is 1.88. The summed E-state index contributed by atoms with van der Waals surface area (Å²) in [5.74, 6) is 0. The van der Waals surface area contributed by atoms with Crippen molar-refractivity contribution in [3.63, 3.8) is 0 Å². The second-order valence-corrected chi connectivity index (χ2v) is 2.35. The zero-order valence-electron chi connectivity index (χ0n) is 6.94. The van der Waals surface area contributed by atoms with Crippen LogP contribution in [-0.4, -0.2) is 4.98 Å². The number of hydrogen-bond donors (Lipinski definition) is 0. The molecular formula is C10H7N3. The van der Waals surface area contributed by atoms with Gasteiger partial charge in [0.2, 0.25) is 0 Å². The first-order valence-corrected chi connectivity index (χ1v) is 3.76. The third-order valence-corrected chi connectivity index (χ3v) is 1.42. The molecule has 0 unspecified atom stereocenters. The predicted molar refractivity (Wildman–Crippen MR) is 48.2 cm³/mol. The second-order valence-electron chi connectivity index (χ2n) is 2.35. The van der Waals surface area contributed by atoms with E-state index in [0.717, 1.165) is 5.56 Å². The van der Waals surface area contributed by atoms with E-state index in [-0.39, 0.29) is 0 Å². The molecule has 62 valence electrons. The van der Waals surface area contributed by atoms with E-state index in [1.165, 1.54) is 0 Å². The Balaban J connectivity index is 2.80. The Kier molecular flexibility index (Phi) is 3.23. The van der Waals surface area contributed by atoms with Crippen molar-refractivity contribution in [2.75, 3.05) is 0 Å². The number of nitrogens with zero attached hydrogens (tertiary/aromatic N) is 3. The maximum Gasteiger partial charge on any atom is 0.141 e. The lowest BCUT2D eigenvalue weighted by molar-refractivity contribution is 1.26. The Hall–Kier alpha value is -2.13. The number of rotatable bonds is 2. The van der Waals surface area contributed by atoms with Crippen LogP contribution in [-0.2, 0) is 0 Å². The lowest BCUT2D eigenvalue weighted by Crippen LogP contribution is -1.81. The third-order valence-electron chi connectivity index (χ3n) is 1.42. The maximum absolute atomic E-state index is 8.54. The molecule has 1 aromatic rings. The SMILES string of the molecule is N#CCC=Cc1ccnc(C#N)c1. The van der Waals surface area contributed by atoms with E-state index < -0.39 is 0 Å². The van der Waals surface area contributed by atoms with Crippen LogP contribution in [0.3, 0.4) is 0 Å². The Morgan fingerprint density at radius 2 is 2.31 bits per heavy atom. The van der Waals surface area contributed by atoms with Gasteiger partial charge in [-0.05, 0) is 17.7 Å². The summed E-state index contributed by atoms with van der Waals surface area (Å²) >= 11 is 0. The molecule has 3 nitrogen and oxygen atoms in total. The minimum Gasteiger partial charge on any atom is -0.246 e. The van der Waals surface area contributed by atoms with Gasteiger partial charge in [0.05, 0.1) is 12.5 Å². The largest absolute Gasteiger partial charge is 0.246 e. The van der Waals surface area contributed by atoms with E-state index >= 15 is 0 Å². The highest BCUT2D eigenvalue weighted by Gasteiger charge is 1.90. The molecule has 0 radical (unpaired) electrons. The first-order chi connectivity index (χ1) is 6.36. The van der Waals surface area contributed by atoms with Gasteiger partial charge < -0.3 is 0 Å². The van der Waals surface area contributed by atoms with Gasteiger partial charge in [-0.2, -0.15) is 10.5 Å². The number of allylic oxidation sites excluding steroid dienone is 1. The van der Waals surface area contributed by atoms with Crippen molar-refractivity contribution in [2.24, 2.45) is 0 Å². The third kappa shape index (κ3) is 2.76. The maximum atomic E-state index is 8.54. The Bertz CT molecular complexity index is 393. The smallest absolute Gasteiger partial charge is 0.141 e. The first kappa shape index (κ1) is 8.96. The average Bonchev–Trinajstić information content (AvgIpc) is 2.19. The summed E-state index contributed by atoms with van der Waals surface area (Å²) in [4.78, 5) is 3.83. The van der Waals surface area contributed by atoms with Crippen molar-refractivity contribution in [3.05, 3.63) is 35.7 Å². The fourth-order valence-corrected chi connectivity index (χ4v) is 0.859. The zero-order valence-corrected chi connectivity index (χ0v) is 6.94. The van der Waals surface area contributed by atoms with Gasteiger partial charge in [-0.1, -0.05) is 12.2 Å². The molecule has 0 aliphatic rings. The topological polar surface area (TPSA) is 60.5 Å². The molecular weight excluding hydrogens is 162 g/mol. The van der Waals surface area contributed by atoms with Gasteiger partial charge >= 0.3 is 0 Å². The van der Waals surface area contributed by atoms with Gasteiger partial charge in [0.15, 0.2) is 0 Å². The monoisotopic (exact) mass is 169 g/mol. The van der Waals surface area contributed by atoms with Gasteiger partial charge in [0.25, 0.3) is 0 Å². The van der Waals surface area contributed by atoms with Gasteiger partial charge in [-0.15, -0.1) is 0 Å². The van der Waals surface area contributed by atoms with E-state index in [2.05, 4.69) is 4.98 Å². The average molecular weight is 169 g/mol. The summed E-state index contributed by atoms with van der Waals surface area (Å²) < 4.78 is 0. The van der Waals surface area contributed by atoms with E-state index in [4.69, 9.17) is 10.5 Å². The highest BCUT2D eigenvalue weighted by Crippen LogP contribution is 2.03. The van der Waals surface area contributed by atoms with Crippen LogP contribution in [0.25, 0.3) is 6.08 Å². The second kappa shape index (κ2) is 4.69. The normalized spacial score (nSPS) is 9.38. The lowest BCUT2D eigenvalue weighted by Gasteiger charge is -1.91. The van der Waals surface area contributed by atoms with Gasteiger partial charge in [0.1, 0.15) is 11.8 Å². The van der Waals surface area contributed by atoms with Crippen LogP contribution in [0.2, 0.25) is 0 Å². The van der Waals surface area contributed by atoms with Crippen molar-refractivity contribution in [3.8, 4) is 12.1 Å². The Morgan fingerprint density at radius 1 is 1.46 bits per heavy atom. The van der Waals surface area contributed by atoms with Crippen LogP contribution >= 0.6 is 0 Å². The first-order valence-electron chi connectivity index (χ1n) is 3.76. The highest BCUT2D eigenvalue weighted by atomic mass is 14.7. The molecule has 0 aliphatic carbocycles. The lowest BCUT2D eigenvalue weighted by atomic mass is 10.2. The molecule has 0 amide bonds. The number of aromatic nitrogens is 1. The minimum atomic E-state index is 0.379. The molecule has 0 bridgehead atoms. The molecule has 1 aromatic heterocycles. The molecule has 0 aliphatic heterocycles. The van der Waals surface area contributed by atoms with Crippen molar-refractivity contribution in [1.82, 2.24) is 4.98 Å². The molecule has 3 heteroatoms. The van der Waals surface area contributed by atoms with Crippen LogP contribution in [0.1, 0.15) is 17.7 Å². The van der Waals surface area contributed by atoms with Crippen LogP contribution in [0.4, 0.5) is 0 Å². The number of nitriles is 2. The van der Waals surface area contributed by atoms with Gasteiger partial charge in [0, 0.05) is 6.20 Å². The molecule has 0 atom stereocenters. The van der Waals surface area contributed by atoms with E-state index in [0.29, 0.717) is 12.1 Å². The molecule has 0 N–H and O–H groups in total. The Morgan fingerprint density at radius 3 is 3.00 bits per heavy atom. The minimum absolute atomic E-state index is 0.379. The zero-order chi connectivity index (χ0) is 9.52. The standard InChI is InChI=1S/C10H7N3/c11-5-2-1-3-9-4-6-13-10(7-9)8-12/h1,3-4,6-7H,2H2. The molecule has 0 spiro atoms. The number of pyridine rings is 1. The summed E-state index contributed by atoms with van der Waals surface area (Å²) in [5.41, 5.74) is 1.28. The van der Waals surface area contributed by atoms with Gasteiger partial charge in [-0.25, -0.2) is 4.98 Å². The van der Waals surface area contributed by atoms with Crippen molar-refractivity contribution < 1.29 is 0 Å². The van der Waals surface area contributed by atoms with Crippen LogP contribution < -0.4 is 0 Å². The quantitative estimate of drug-likeness (QED) is 0.679. The van der Waals surface area contributed by atoms with Crippen molar-refractivity contribution >= 4 is 6.08 Å². The van der Waals surface area contributed by atoms with Crippen molar-refractivity contribution in [1.29, 1.82) is 10.5 Å². The van der Waals surface area contributed by atoms with Crippen LogP contribution in [0.15, 0.2) is 24.4 Å². The summed E-state index contributed by atoms with van der Waals surface area (Å²) in [6.45, 7) is 0. The molecule has 1 rings (SSSR count). The number of hydrogen-bond acceptors (Lipinski definition) is 3. The van der Waals surface area contributed by atoms with E-state index in [1.54, 1.807) is 30.5 Å². The Labute approximate surface area is 76.6 Å². The molecule has 0 fully saturated rings. The van der Waals surface area contributed by atoms with Crippen LogP contribution in [0, 0.1) is 22.7 Å².